The average molecular weight is 355 g/mol. The normalized spacial score (nSPS) is 14.6. The number of rotatable bonds is 4. The maximum Gasteiger partial charge on any atom is 0.280 e. The first-order chi connectivity index (χ1) is 12.6. The van der Waals surface area contributed by atoms with Crippen LogP contribution in [0, 0.1) is 6.92 Å². The molecule has 0 unspecified atom stereocenters. The topological polar surface area (TPSA) is 46.8 Å². The van der Waals surface area contributed by atoms with Gasteiger partial charge in [0.2, 0.25) is 0 Å². The molecule has 0 atom stereocenters. The largest absolute Gasteiger partial charge is 0.291 e. The Kier molecular flexibility index (Phi) is 4.46. The van der Waals surface area contributed by atoms with Crippen molar-refractivity contribution < 1.29 is 8.78 Å². The quantitative estimate of drug-likeness (QED) is 0.717. The van der Waals surface area contributed by atoms with Crippen molar-refractivity contribution in [3.8, 4) is 11.4 Å². The van der Waals surface area contributed by atoms with Gasteiger partial charge in [0.25, 0.3) is 6.43 Å². The lowest BCUT2D eigenvalue weighted by Crippen LogP contribution is -2.33. The Morgan fingerprint density at radius 3 is 2.77 bits per heavy atom. The van der Waals surface area contributed by atoms with Gasteiger partial charge >= 0.3 is 0 Å². The number of fused-ring (bicyclic) bond motifs is 1. The molecule has 0 bridgehead atoms. The minimum absolute atomic E-state index is 0.180. The molecule has 26 heavy (non-hydrogen) atoms. The lowest BCUT2D eigenvalue weighted by atomic mass is 10.1. The van der Waals surface area contributed by atoms with Crippen LogP contribution in [-0.2, 0) is 19.6 Å². The Labute approximate surface area is 150 Å². The van der Waals surface area contributed by atoms with Gasteiger partial charge in [-0.2, -0.15) is 5.10 Å². The fraction of sp³-hybridized carbons (Fsp3) is 0.316. The van der Waals surface area contributed by atoms with Crippen LogP contribution in [0.15, 0.2) is 42.7 Å². The van der Waals surface area contributed by atoms with Gasteiger partial charge in [0, 0.05) is 32.0 Å². The van der Waals surface area contributed by atoms with Gasteiger partial charge in [0.15, 0.2) is 0 Å². The summed E-state index contributed by atoms with van der Waals surface area (Å²) in [6.45, 7) is 5.12. The fourth-order valence-corrected chi connectivity index (χ4v) is 3.24. The average Bonchev–Trinajstić information content (AvgIpc) is 3.05. The second-order valence-electron chi connectivity index (χ2n) is 6.52. The fourth-order valence-electron chi connectivity index (χ4n) is 3.24. The van der Waals surface area contributed by atoms with E-state index in [1.54, 1.807) is 12.3 Å². The van der Waals surface area contributed by atoms with Crippen molar-refractivity contribution in [2.75, 3.05) is 6.54 Å². The van der Waals surface area contributed by atoms with Gasteiger partial charge < -0.3 is 0 Å². The zero-order valence-electron chi connectivity index (χ0n) is 14.4. The van der Waals surface area contributed by atoms with E-state index >= 15 is 0 Å². The van der Waals surface area contributed by atoms with Gasteiger partial charge in [-0.15, -0.1) is 0 Å². The van der Waals surface area contributed by atoms with Crippen LogP contribution in [0.5, 0.6) is 0 Å². The predicted octanol–water partition coefficient (Wildman–Crippen LogP) is 3.60. The maximum absolute atomic E-state index is 12.6. The molecule has 0 aliphatic carbocycles. The summed E-state index contributed by atoms with van der Waals surface area (Å²) in [7, 11) is 0. The van der Waals surface area contributed by atoms with E-state index in [4.69, 9.17) is 0 Å². The molecule has 4 rings (SSSR count). The summed E-state index contributed by atoms with van der Waals surface area (Å²) in [4.78, 5) is 10.6. The Morgan fingerprint density at radius 2 is 2.04 bits per heavy atom. The smallest absolute Gasteiger partial charge is 0.280 e. The van der Waals surface area contributed by atoms with Crippen molar-refractivity contribution in [1.29, 1.82) is 0 Å². The van der Waals surface area contributed by atoms with Crippen molar-refractivity contribution in [3.63, 3.8) is 0 Å². The molecule has 0 spiro atoms. The van der Waals surface area contributed by atoms with Crippen molar-refractivity contribution in [2.24, 2.45) is 0 Å². The summed E-state index contributed by atoms with van der Waals surface area (Å²) >= 11 is 0. The van der Waals surface area contributed by atoms with Gasteiger partial charge in [0.1, 0.15) is 11.4 Å². The van der Waals surface area contributed by atoms with E-state index in [-0.39, 0.29) is 5.69 Å². The molecule has 0 saturated heterocycles. The number of pyridine rings is 2. The lowest BCUT2D eigenvalue weighted by Gasteiger charge is -2.27. The highest BCUT2D eigenvalue weighted by Gasteiger charge is 2.20. The monoisotopic (exact) mass is 355 g/mol. The number of hydrogen-bond donors (Lipinski definition) is 0. The van der Waals surface area contributed by atoms with Crippen LogP contribution < -0.4 is 0 Å². The highest BCUT2D eigenvalue weighted by atomic mass is 19.3. The third kappa shape index (κ3) is 3.35. The Bertz CT molecular complexity index is 905. The van der Waals surface area contributed by atoms with Crippen LogP contribution in [0.25, 0.3) is 11.4 Å². The zero-order chi connectivity index (χ0) is 18.1. The van der Waals surface area contributed by atoms with Crippen LogP contribution in [0.4, 0.5) is 8.78 Å². The summed E-state index contributed by atoms with van der Waals surface area (Å²) in [5, 5.41) is 4.69. The highest BCUT2D eigenvalue weighted by Crippen LogP contribution is 2.24. The second-order valence-corrected chi connectivity index (χ2v) is 6.52. The molecule has 3 aromatic rings. The summed E-state index contributed by atoms with van der Waals surface area (Å²) in [5.41, 5.74) is 4.79. The number of aromatic nitrogens is 4. The Hall–Kier alpha value is -2.67. The van der Waals surface area contributed by atoms with Crippen molar-refractivity contribution in [2.45, 2.75) is 33.0 Å². The van der Waals surface area contributed by atoms with Gasteiger partial charge in [-0.25, -0.2) is 8.78 Å². The molecule has 1 aliphatic rings. The van der Waals surface area contributed by atoms with E-state index in [0.717, 1.165) is 47.8 Å². The summed E-state index contributed by atoms with van der Waals surface area (Å²) in [5.74, 6) is 0. The maximum atomic E-state index is 12.6. The minimum Gasteiger partial charge on any atom is -0.291 e. The molecule has 0 aromatic carbocycles. The first-order valence-corrected chi connectivity index (χ1v) is 8.54. The number of hydrogen-bond acceptors (Lipinski definition) is 4. The van der Waals surface area contributed by atoms with Gasteiger partial charge in [-0.05, 0) is 36.2 Å². The van der Waals surface area contributed by atoms with Crippen LogP contribution in [0.2, 0.25) is 0 Å². The SMILES string of the molecule is Cc1cccnc1-c1cc2n(n1)CCN(Cc1ccc(C(F)F)nc1)C2. The predicted molar refractivity (Wildman–Crippen MR) is 93.5 cm³/mol. The standard InChI is InChI=1S/C19H19F2N5/c1-13-3-2-6-22-18(13)17-9-15-12-25(7-8-26(15)24-17)11-14-4-5-16(19(20)21)23-10-14/h2-6,9-10,19H,7-8,11-12H2,1H3. The van der Waals surface area contributed by atoms with E-state index in [2.05, 4.69) is 26.0 Å². The number of nitrogens with zero attached hydrogens (tertiary/aromatic N) is 5. The molecule has 0 amide bonds. The summed E-state index contributed by atoms with van der Waals surface area (Å²) < 4.78 is 27.2. The molecule has 4 heterocycles. The van der Waals surface area contributed by atoms with E-state index < -0.39 is 6.43 Å². The van der Waals surface area contributed by atoms with E-state index in [1.807, 2.05) is 23.7 Å². The van der Waals surface area contributed by atoms with E-state index in [0.29, 0.717) is 6.54 Å². The Morgan fingerprint density at radius 1 is 1.15 bits per heavy atom. The summed E-state index contributed by atoms with van der Waals surface area (Å²) in [6, 6.07) is 9.16. The zero-order valence-corrected chi connectivity index (χ0v) is 14.4. The van der Waals surface area contributed by atoms with Crippen LogP contribution in [0.1, 0.15) is 28.9 Å². The van der Waals surface area contributed by atoms with Crippen molar-refractivity contribution in [1.82, 2.24) is 24.6 Å². The number of alkyl halides is 2. The first kappa shape index (κ1) is 16.8. The second kappa shape index (κ2) is 6.92. The summed E-state index contributed by atoms with van der Waals surface area (Å²) in [6.07, 6.45) is 0.793. The van der Waals surface area contributed by atoms with Crippen LogP contribution >= 0.6 is 0 Å². The first-order valence-electron chi connectivity index (χ1n) is 8.54. The molecule has 0 radical (unpaired) electrons. The highest BCUT2D eigenvalue weighted by molar-refractivity contribution is 5.58. The molecule has 1 aliphatic heterocycles. The molecular weight excluding hydrogens is 336 g/mol. The minimum atomic E-state index is -2.53. The van der Waals surface area contributed by atoms with Crippen molar-refractivity contribution >= 4 is 0 Å². The lowest BCUT2D eigenvalue weighted by molar-refractivity contribution is 0.146. The molecular formula is C19H19F2N5. The van der Waals surface area contributed by atoms with Crippen LogP contribution in [0.3, 0.4) is 0 Å². The molecule has 5 nitrogen and oxygen atoms in total. The van der Waals surface area contributed by atoms with Gasteiger partial charge in [0.05, 0.1) is 17.9 Å². The molecule has 134 valence electrons. The van der Waals surface area contributed by atoms with Crippen LogP contribution in [-0.4, -0.2) is 31.2 Å². The molecule has 7 heteroatoms. The molecule has 0 N–H and O–H groups in total. The van der Waals surface area contributed by atoms with E-state index in [1.165, 1.54) is 12.3 Å². The number of halogens is 2. The molecule has 0 saturated carbocycles. The third-order valence-electron chi connectivity index (χ3n) is 4.61. The Balaban J connectivity index is 1.49. The third-order valence-corrected chi connectivity index (χ3v) is 4.61. The van der Waals surface area contributed by atoms with Crippen molar-refractivity contribution in [3.05, 3.63) is 65.2 Å². The molecule has 3 aromatic heterocycles. The molecule has 0 fully saturated rings. The number of aryl methyl sites for hydroxylation is 1. The van der Waals surface area contributed by atoms with E-state index in [9.17, 15) is 8.78 Å². The van der Waals surface area contributed by atoms with Gasteiger partial charge in [-0.1, -0.05) is 12.1 Å². The van der Waals surface area contributed by atoms with Gasteiger partial charge in [-0.3, -0.25) is 19.5 Å².